The molecule has 5 N–H and O–H groups in total. The Morgan fingerprint density at radius 3 is 2.58 bits per heavy atom. The zero-order valence-corrected chi connectivity index (χ0v) is 14.2. The molecule has 1 heterocycles. The van der Waals surface area contributed by atoms with E-state index < -0.39 is 49.2 Å². The lowest BCUT2D eigenvalue weighted by Gasteiger charge is -2.42. The highest BCUT2D eigenvalue weighted by molar-refractivity contribution is 5.73. The Morgan fingerprint density at radius 1 is 1.46 bits per heavy atom. The van der Waals surface area contributed by atoms with Gasteiger partial charge in [-0.1, -0.05) is 6.92 Å². The van der Waals surface area contributed by atoms with E-state index in [2.05, 4.69) is 0 Å². The second-order valence-corrected chi connectivity index (χ2v) is 6.09. The normalized spacial score (nSPS) is 34.8. The van der Waals surface area contributed by atoms with Crippen LogP contribution in [-0.2, 0) is 19.1 Å². The molecule has 0 aliphatic carbocycles. The van der Waals surface area contributed by atoms with Gasteiger partial charge in [0.25, 0.3) is 0 Å². The minimum atomic E-state index is -1.45. The summed E-state index contributed by atoms with van der Waals surface area (Å²) in [4.78, 5) is 24.0. The van der Waals surface area contributed by atoms with Gasteiger partial charge in [0, 0.05) is 27.3 Å². The van der Waals surface area contributed by atoms with E-state index in [9.17, 15) is 24.9 Å². The van der Waals surface area contributed by atoms with Gasteiger partial charge in [0.2, 0.25) is 5.91 Å². The van der Waals surface area contributed by atoms with E-state index in [-0.39, 0.29) is 19.0 Å². The highest BCUT2D eigenvalue weighted by Gasteiger charge is 2.44. The van der Waals surface area contributed by atoms with Crippen molar-refractivity contribution in [3.63, 3.8) is 0 Å². The maximum atomic E-state index is 11.7. The molecular formula is C15H28N2O7. The van der Waals surface area contributed by atoms with Gasteiger partial charge in [0.05, 0.1) is 18.8 Å². The van der Waals surface area contributed by atoms with Gasteiger partial charge < -0.3 is 40.2 Å². The van der Waals surface area contributed by atoms with Gasteiger partial charge in [-0.25, -0.2) is 0 Å². The molecule has 2 unspecified atom stereocenters. The molecule has 24 heavy (non-hydrogen) atoms. The van der Waals surface area contributed by atoms with Crippen LogP contribution in [0.15, 0.2) is 0 Å². The average molecular weight is 349 g/mol. The molecule has 1 fully saturated rings. The van der Waals surface area contributed by atoms with E-state index in [1.165, 1.54) is 18.7 Å². The van der Waals surface area contributed by atoms with Crippen LogP contribution in [0.5, 0.6) is 0 Å². The first-order chi connectivity index (χ1) is 11.5. The fourth-order valence-electron chi connectivity index (χ4n) is 2.54. The predicted octanol–water partition coefficient (Wildman–Crippen LogP) is -2.16. The summed E-state index contributed by atoms with van der Waals surface area (Å²) < 4.78 is 18.5. The molecule has 9 heteroatoms. The SMILES string of the molecule is [2H]C(C)(C=O)CN(CC(C)O[C@@H]1[C@@H](N)[C@@H](O)O[C@H](CO)[C@H]1O)C(C)=O. The fourth-order valence-corrected chi connectivity index (χ4v) is 2.54. The molecule has 1 rings (SSSR count). The molecule has 1 aliphatic heterocycles. The molecule has 7 atom stereocenters. The third-order valence-corrected chi connectivity index (χ3v) is 3.87. The number of carbonyl (C=O) groups is 2. The Morgan fingerprint density at radius 2 is 2.08 bits per heavy atom. The first-order valence-electron chi connectivity index (χ1n) is 8.27. The Hall–Kier alpha value is -1.10. The summed E-state index contributed by atoms with van der Waals surface area (Å²) in [6, 6.07) is -1.04. The molecule has 0 radical (unpaired) electrons. The summed E-state index contributed by atoms with van der Waals surface area (Å²) in [7, 11) is 0. The third kappa shape index (κ3) is 5.47. The van der Waals surface area contributed by atoms with E-state index >= 15 is 0 Å². The Kier molecular flexibility index (Phi) is 7.53. The highest BCUT2D eigenvalue weighted by Crippen LogP contribution is 2.22. The summed E-state index contributed by atoms with van der Waals surface area (Å²) in [5.74, 6) is -1.78. The number of aliphatic hydroxyl groups excluding tert-OH is 3. The van der Waals surface area contributed by atoms with Crippen molar-refractivity contribution in [2.24, 2.45) is 11.6 Å². The molecule has 9 nitrogen and oxygen atoms in total. The number of aliphatic hydroxyl groups is 3. The fraction of sp³-hybridized carbons (Fsp3) is 0.867. The summed E-state index contributed by atoms with van der Waals surface area (Å²) in [5.41, 5.74) is 5.79. The van der Waals surface area contributed by atoms with E-state index in [1.807, 2.05) is 0 Å². The van der Waals surface area contributed by atoms with Gasteiger partial charge in [-0.2, -0.15) is 0 Å². The van der Waals surface area contributed by atoms with Gasteiger partial charge in [-0.3, -0.25) is 4.79 Å². The molecular weight excluding hydrogens is 320 g/mol. The number of nitrogens with two attached hydrogens (primary N) is 1. The quantitative estimate of drug-likeness (QED) is 0.363. The highest BCUT2D eigenvalue weighted by atomic mass is 16.6. The second kappa shape index (κ2) is 9.40. The molecule has 1 saturated heterocycles. The zero-order chi connectivity index (χ0) is 19.4. The lowest BCUT2D eigenvalue weighted by atomic mass is 9.97. The van der Waals surface area contributed by atoms with Crippen LogP contribution >= 0.6 is 0 Å². The number of ether oxygens (including phenoxy) is 2. The van der Waals surface area contributed by atoms with E-state index in [0.29, 0.717) is 6.29 Å². The van der Waals surface area contributed by atoms with Crippen molar-refractivity contribution in [3.05, 3.63) is 0 Å². The smallest absolute Gasteiger partial charge is 0.219 e. The van der Waals surface area contributed by atoms with Gasteiger partial charge in [0.15, 0.2) is 6.29 Å². The van der Waals surface area contributed by atoms with Crippen LogP contribution in [0.2, 0.25) is 0 Å². The topological polar surface area (TPSA) is 143 Å². The number of hydrogen-bond acceptors (Lipinski definition) is 8. The predicted molar refractivity (Wildman–Crippen MR) is 83.8 cm³/mol. The number of nitrogens with zero attached hydrogens (tertiary/aromatic N) is 1. The summed E-state index contributed by atoms with van der Waals surface area (Å²) in [6.07, 6.45) is -4.88. The van der Waals surface area contributed by atoms with Crippen LogP contribution in [0.25, 0.3) is 0 Å². The van der Waals surface area contributed by atoms with Crippen LogP contribution in [0.4, 0.5) is 0 Å². The molecule has 0 aromatic rings. The van der Waals surface area contributed by atoms with Crippen molar-refractivity contribution in [1.29, 1.82) is 0 Å². The van der Waals surface area contributed by atoms with Crippen LogP contribution in [0.1, 0.15) is 22.1 Å². The average Bonchev–Trinajstić information content (AvgIpc) is 2.54. The van der Waals surface area contributed by atoms with Crippen molar-refractivity contribution < 1.29 is 35.8 Å². The minimum Gasteiger partial charge on any atom is -0.394 e. The molecule has 0 aromatic carbocycles. The van der Waals surface area contributed by atoms with Gasteiger partial charge in [-0.05, 0) is 6.92 Å². The maximum absolute atomic E-state index is 11.7. The van der Waals surface area contributed by atoms with Gasteiger partial charge in [-0.15, -0.1) is 0 Å². The van der Waals surface area contributed by atoms with Crippen LogP contribution in [0.3, 0.4) is 0 Å². The Balaban J connectivity index is 2.76. The largest absolute Gasteiger partial charge is 0.394 e. The lowest BCUT2D eigenvalue weighted by molar-refractivity contribution is -0.263. The Bertz CT molecular complexity index is 465. The van der Waals surface area contributed by atoms with Crippen LogP contribution in [0, 0.1) is 5.89 Å². The number of carbonyl (C=O) groups excluding carboxylic acids is 2. The Labute approximate surface area is 142 Å². The second-order valence-electron chi connectivity index (χ2n) is 6.09. The van der Waals surface area contributed by atoms with Crippen molar-refractivity contribution in [3.8, 4) is 0 Å². The number of hydrogen-bond donors (Lipinski definition) is 4. The third-order valence-electron chi connectivity index (χ3n) is 3.87. The minimum absolute atomic E-state index is 0.0638. The first-order valence-corrected chi connectivity index (χ1v) is 7.77. The van der Waals surface area contributed by atoms with E-state index in [4.69, 9.17) is 16.6 Å². The van der Waals surface area contributed by atoms with Crippen molar-refractivity contribution >= 4 is 12.2 Å². The molecule has 0 bridgehead atoms. The van der Waals surface area contributed by atoms with Crippen LogP contribution in [-0.4, -0.2) is 88.9 Å². The number of aldehydes is 1. The van der Waals surface area contributed by atoms with Gasteiger partial charge >= 0.3 is 0 Å². The summed E-state index contributed by atoms with van der Waals surface area (Å²) >= 11 is 0. The van der Waals surface area contributed by atoms with Gasteiger partial charge in [0.1, 0.15) is 24.6 Å². The zero-order valence-electron chi connectivity index (χ0n) is 15.2. The maximum Gasteiger partial charge on any atom is 0.219 e. The first kappa shape index (κ1) is 19.2. The van der Waals surface area contributed by atoms with E-state index in [0.717, 1.165) is 0 Å². The number of amides is 1. The van der Waals surface area contributed by atoms with Crippen LogP contribution < -0.4 is 5.73 Å². The molecule has 0 saturated carbocycles. The molecule has 1 aliphatic rings. The summed E-state index contributed by atoms with van der Waals surface area (Å²) in [6.45, 7) is 3.77. The molecule has 0 aromatic heterocycles. The summed E-state index contributed by atoms with van der Waals surface area (Å²) in [5, 5.41) is 29.1. The molecule has 0 spiro atoms. The molecule has 140 valence electrons. The lowest BCUT2D eigenvalue weighted by Crippen LogP contribution is -2.63. The standard InChI is InChI=1S/C15H28N2O7/c1-8(6-18)4-17(10(3)20)5-9(2)23-14-12(16)15(22)24-11(7-19)13(14)21/h6,8-9,11-15,19,21-22H,4-5,7,16H2,1-3H3/t8?,9?,11-,12-,13-,14-,15+/m1/s1/i8D. The number of rotatable bonds is 8. The van der Waals surface area contributed by atoms with Crippen molar-refractivity contribution in [2.45, 2.75) is 57.5 Å². The molecule has 1 amide bonds. The monoisotopic (exact) mass is 349 g/mol. The van der Waals surface area contributed by atoms with E-state index in [1.54, 1.807) is 6.92 Å². The van der Waals surface area contributed by atoms with Crippen molar-refractivity contribution in [2.75, 3.05) is 19.7 Å². The van der Waals surface area contributed by atoms with Crippen molar-refractivity contribution in [1.82, 2.24) is 4.90 Å².